The molecule has 0 aromatic heterocycles. The van der Waals surface area contributed by atoms with Crippen LogP contribution < -0.4 is 5.73 Å². The summed E-state index contributed by atoms with van der Waals surface area (Å²) in [5, 5.41) is 18.9. The summed E-state index contributed by atoms with van der Waals surface area (Å²) in [6.07, 6.45) is 0. The number of carboxylic acids is 1. The quantitative estimate of drug-likeness (QED) is 0.727. The number of anilines is 1. The molecule has 0 amide bonds. The van der Waals surface area contributed by atoms with Gasteiger partial charge in [-0.3, -0.25) is 0 Å². The van der Waals surface area contributed by atoms with Gasteiger partial charge in [-0.2, -0.15) is 0 Å². The Balaban J connectivity index is 2.58. The second kappa shape index (κ2) is 4.58. The topological polar surface area (TPSA) is 83.5 Å². The molecule has 4 nitrogen and oxygen atoms in total. The third-order valence-electron chi connectivity index (χ3n) is 2.55. The van der Waals surface area contributed by atoms with Gasteiger partial charge in [-0.25, -0.2) is 4.79 Å². The number of hydrogen-bond donors (Lipinski definition) is 3. The molecule has 2 rings (SSSR count). The Morgan fingerprint density at radius 3 is 2.50 bits per heavy atom. The number of phenols is 1. The minimum Gasteiger partial charge on any atom is -0.507 e. The fraction of sp³-hybridized carbons (Fsp3) is 0. The van der Waals surface area contributed by atoms with E-state index >= 15 is 0 Å². The number of nitrogens with two attached hydrogens (primary N) is 1. The lowest BCUT2D eigenvalue weighted by Crippen LogP contribution is -1.98. The highest BCUT2D eigenvalue weighted by Crippen LogP contribution is 2.31. The van der Waals surface area contributed by atoms with Gasteiger partial charge in [0.1, 0.15) is 11.3 Å². The van der Waals surface area contributed by atoms with Crippen LogP contribution >= 0.6 is 11.6 Å². The van der Waals surface area contributed by atoms with E-state index in [4.69, 9.17) is 22.4 Å². The summed E-state index contributed by atoms with van der Waals surface area (Å²) in [6.45, 7) is 0. The second-order valence-electron chi connectivity index (χ2n) is 3.77. The first kappa shape index (κ1) is 12.3. The van der Waals surface area contributed by atoms with Crippen LogP contribution in [-0.2, 0) is 0 Å². The maximum absolute atomic E-state index is 10.9. The van der Waals surface area contributed by atoms with Crippen LogP contribution in [0.1, 0.15) is 10.4 Å². The molecule has 0 aliphatic rings. The lowest BCUT2D eigenvalue weighted by atomic mass is 10.0. The molecule has 0 radical (unpaired) electrons. The van der Waals surface area contributed by atoms with Gasteiger partial charge in [-0.1, -0.05) is 23.7 Å². The normalized spacial score (nSPS) is 10.3. The highest BCUT2D eigenvalue weighted by atomic mass is 35.5. The average Bonchev–Trinajstić information content (AvgIpc) is 2.30. The largest absolute Gasteiger partial charge is 0.507 e. The number of benzene rings is 2. The summed E-state index contributed by atoms with van der Waals surface area (Å²) in [7, 11) is 0. The number of nitrogen functional groups attached to an aromatic ring is 1. The third-order valence-corrected chi connectivity index (χ3v) is 2.79. The van der Waals surface area contributed by atoms with Crippen LogP contribution in [0.25, 0.3) is 11.1 Å². The SMILES string of the molecule is Nc1cc(Cl)ccc1-c1ccc(O)c(C(=O)O)c1. The summed E-state index contributed by atoms with van der Waals surface area (Å²) in [5.74, 6) is -1.47. The Labute approximate surface area is 108 Å². The smallest absolute Gasteiger partial charge is 0.339 e. The van der Waals surface area contributed by atoms with E-state index in [1.165, 1.54) is 12.1 Å². The highest BCUT2D eigenvalue weighted by Gasteiger charge is 2.12. The van der Waals surface area contributed by atoms with Gasteiger partial charge in [0, 0.05) is 16.3 Å². The summed E-state index contributed by atoms with van der Waals surface area (Å²) in [6, 6.07) is 9.26. The minimum atomic E-state index is -1.19. The van der Waals surface area contributed by atoms with Crippen molar-refractivity contribution in [3.63, 3.8) is 0 Å². The molecule has 0 heterocycles. The van der Waals surface area contributed by atoms with Crippen LogP contribution in [0.5, 0.6) is 5.75 Å². The summed E-state index contributed by atoms with van der Waals surface area (Å²) in [5.41, 5.74) is 7.39. The predicted octanol–water partition coefficient (Wildman–Crippen LogP) is 2.99. The molecule has 0 unspecified atom stereocenters. The van der Waals surface area contributed by atoms with E-state index < -0.39 is 5.97 Å². The van der Waals surface area contributed by atoms with E-state index in [0.29, 0.717) is 21.8 Å². The summed E-state index contributed by atoms with van der Waals surface area (Å²) < 4.78 is 0. The summed E-state index contributed by atoms with van der Waals surface area (Å²) in [4.78, 5) is 10.9. The van der Waals surface area contributed by atoms with Crippen LogP contribution in [0.15, 0.2) is 36.4 Å². The van der Waals surface area contributed by atoms with Crippen molar-refractivity contribution in [2.75, 3.05) is 5.73 Å². The van der Waals surface area contributed by atoms with Crippen LogP contribution in [0, 0.1) is 0 Å². The van der Waals surface area contributed by atoms with E-state index in [0.717, 1.165) is 0 Å². The van der Waals surface area contributed by atoms with E-state index in [-0.39, 0.29) is 11.3 Å². The molecule has 2 aromatic carbocycles. The van der Waals surface area contributed by atoms with Crippen molar-refractivity contribution >= 4 is 23.3 Å². The Kier molecular flexibility index (Phi) is 3.12. The van der Waals surface area contributed by atoms with Crippen molar-refractivity contribution in [1.29, 1.82) is 0 Å². The number of halogens is 1. The molecule has 0 aliphatic carbocycles. The molecule has 92 valence electrons. The van der Waals surface area contributed by atoms with Crippen molar-refractivity contribution in [3.8, 4) is 16.9 Å². The number of rotatable bonds is 2. The molecule has 0 saturated heterocycles. The van der Waals surface area contributed by atoms with Gasteiger partial charge in [-0.05, 0) is 29.8 Å². The first-order valence-corrected chi connectivity index (χ1v) is 5.48. The molecule has 0 aliphatic heterocycles. The van der Waals surface area contributed by atoms with Crippen molar-refractivity contribution in [2.24, 2.45) is 0 Å². The zero-order chi connectivity index (χ0) is 13.3. The van der Waals surface area contributed by atoms with Crippen molar-refractivity contribution in [3.05, 3.63) is 47.0 Å². The first-order valence-electron chi connectivity index (χ1n) is 5.11. The Morgan fingerprint density at radius 1 is 1.17 bits per heavy atom. The third kappa shape index (κ3) is 2.24. The Bertz CT molecular complexity index is 626. The molecular formula is C13H10ClNO3. The molecule has 0 atom stereocenters. The number of hydrogen-bond acceptors (Lipinski definition) is 3. The zero-order valence-corrected chi connectivity index (χ0v) is 9.98. The molecule has 5 heteroatoms. The molecule has 0 bridgehead atoms. The van der Waals surface area contributed by atoms with Crippen LogP contribution in [-0.4, -0.2) is 16.2 Å². The van der Waals surface area contributed by atoms with Crippen molar-refractivity contribution in [1.82, 2.24) is 0 Å². The maximum atomic E-state index is 10.9. The number of aromatic carboxylic acids is 1. The van der Waals surface area contributed by atoms with Crippen molar-refractivity contribution in [2.45, 2.75) is 0 Å². The molecule has 0 spiro atoms. The van der Waals surface area contributed by atoms with Crippen LogP contribution in [0.3, 0.4) is 0 Å². The minimum absolute atomic E-state index is 0.165. The first-order chi connectivity index (χ1) is 8.49. The van der Waals surface area contributed by atoms with Gasteiger partial charge < -0.3 is 15.9 Å². The number of carbonyl (C=O) groups is 1. The van der Waals surface area contributed by atoms with Gasteiger partial charge in [0.2, 0.25) is 0 Å². The lowest BCUT2D eigenvalue weighted by molar-refractivity contribution is 0.0694. The highest BCUT2D eigenvalue weighted by molar-refractivity contribution is 6.31. The molecular weight excluding hydrogens is 254 g/mol. The van der Waals surface area contributed by atoms with E-state index in [2.05, 4.69) is 0 Å². The fourth-order valence-electron chi connectivity index (χ4n) is 1.67. The van der Waals surface area contributed by atoms with E-state index in [1.54, 1.807) is 24.3 Å². The number of carboxylic acid groups (broad SMARTS) is 1. The van der Waals surface area contributed by atoms with Gasteiger partial charge in [0.15, 0.2) is 0 Å². The number of aromatic hydroxyl groups is 1. The molecule has 0 saturated carbocycles. The fourth-order valence-corrected chi connectivity index (χ4v) is 1.85. The van der Waals surface area contributed by atoms with Crippen LogP contribution in [0.2, 0.25) is 5.02 Å². The standard InChI is InChI=1S/C13H10ClNO3/c14-8-2-3-9(11(15)6-8)7-1-4-12(16)10(5-7)13(17)18/h1-6,16H,15H2,(H,17,18). The molecule has 18 heavy (non-hydrogen) atoms. The van der Waals surface area contributed by atoms with Gasteiger partial charge >= 0.3 is 5.97 Å². The Morgan fingerprint density at radius 2 is 1.89 bits per heavy atom. The summed E-state index contributed by atoms with van der Waals surface area (Å²) >= 11 is 5.80. The maximum Gasteiger partial charge on any atom is 0.339 e. The van der Waals surface area contributed by atoms with E-state index in [1.807, 2.05) is 0 Å². The lowest BCUT2D eigenvalue weighted by Gasteiger charge is -2.08. The molecule has 0 fully saturated rings. The molecule has 2 aromatic rings. The Hall–Kier alpha value is -2.20. The van der Waals surface area contributed by atoms with Gasteiger partial charge in [0.05, 0.1) is 0 Å². The van der Waals surface area contributed by atoms with Crippen molar-refractivity contribution < 1.29 is 15.0 Å². The van der Waals surface area contributed by atoms with Gasteiger partial charge in [0.25, 0.3) is 0 Å². The van der Waals surface area contributed by atoms with Gasteiger partial charge in [-0.15, -0.1) is 0 Å². The predicted molar refractivity (Wildman–Crippen MR) is 69.9 cm³/mol. The second-order valence-corrected chi connectivity index (χ2v) is 4.21. The average molecular weight is 264 g/mol. The monoisotopic (exact) mass is 263 g/mol. The molecule has 4 N–H and O–H groups in total. The van der Waals surface area contributed by atoms with E-state index in [9.17, 15) is 9.90 Å². The van der Waals surface area contributed by atoms with Crippen LogP contribution in [0.4, 0.5) is 5.69 Å². The zero-order valence-electron chi connectivity index (χ0n) is 9.22.